The molecule has 3 rings (SSSR count). The third kappa shape index (κ3) is 9.72. The third-order valence-corrected chi connectivity index (χ3v) is 6.40. The normalized spacial score (nSPS) is 16.7. The van der Waals surface area contributed by atoms with Gasteiger partial charge in [-0.2, -0.15) is 0 Å². The first-order valence-electron chi connectivity index (χ1n) is 12.9. The van der Waals surface area contributed by atoms with Gasteiger partial charge >= 0.3 is 5.97 Å². The summed E-state index contributed by atoms with van der Waals surface area (Å²) in [6.07, 6.45) is 5.50. The molecule has 0 radical (unpaired) electrons. The molecule has 4 N–H and O–H groups in total. The van der Waals surface area contributed by atoms with Crippen LogP contribution >= 0.6 is 0 Å². The number of carbonyl (C=O) groups is 4. The van der Waals surface area contributed by atoms with Gasteiger partial charge in [-0.3, -0.25) is 19.2 Å². The van der Waals surface area contributed by atoms with Crippen LogP contribution in [0.5, 0.6) is 5.75 Å². The first kappa shape index (κ1) is 28.4. The van der Waals surface area contributed by atoms with E-state index in [0.29, 0.717) is 32.2 Å². The largest absolute Gasteiger partial charge is 0.508 e. The molecule has 1 unspecified atom stereocenters. The van der Waals surface area contributed by atoms with Crippen molar-refractivity contribution in [1.29, 1.82) is 0 Å². The molecule has 2 aromatic rings. The van der Waals surface area contributed by atoms with Gasteiger partial charge in [-0.1, -0.05) is 36.4 Å². The molecule has 9 heteroatoms. The average Bonchev–Trinajstić information content (AvgIpc) is 2.97. The Morgan fingerprint density at radius 3 is 2.68 bits per heavy atom. The number of aromatic hydroxyl groups is 1. The minimum Gasteiger partial charge on any atom is -0.508 e. The SMILES string of the molecule is O=C(O)C[C@@H](CCCc1cccc(O)c1)C(=O)NC1Cc2ccccccn(c2)CCC(=O)CCNC1=O. The lowest BCUT2D eigenvalue weighted by Gasteiger charge is -2.22. The standard InChI is InChI=1S/C29H35N3O6/c33-24-12-14-30-29(38)26(18-22-7-3-1-2-4-15-32(20-22)16-13-24)31-28(37)23(19-27(35)36)10-5-8-21-9-6-11-25(34)17-21/h1-4,6-7,9,11,15,17,20,23,26,34H,5,8,10,12-14,16,18-19H2,(H,30,38)(H,31,37)(H,35,36)/t23-,26?/m1/s1. The van der Waals surface area contributed by atoms with Gasteiger partial charge in [0.1, 0.15) is 17.6 Å². The molecule has 2 amide bonds. The maximum atomic E-state index is 13.2. The van der Waals surface area contributed by atoms with E-state index < -0.39 is 29.7 Å². The summed E-state index contributed by atoms with van der Waals surface area (Å²) in [5.41, 5.74) is 1.66. The molecule has 1 aliphatic rings. The highest BCUT2D eigenvalue weighted by Crippen LogP contribution is 2.18. The molecule has 2 heterocycles. The van der Waals surface area contributed by atoms with E-state index in [0.717, 1.165) is 11.1 Å². The summed E-state index contributed by atoms with van der Waals surface area (Å²) >= 11 is 0. The number of nitrogens with zero attached hydrogens (tertiary/aromatic N) is 1. The minimum absolute atomic E-state index is 0.0222. The number of hydrogen-bond acceptors (Lipinski definition) is 5. The van der Waals surface area contributed by atoms with E-state index >= 15 is 0 Å². The summed E-state index contributed by atoms with van der Waals surface area (Å²) in [6.45, 7) is 0.657. The molecule has 2 atom stereocenters. The van der Waals surface area contributed by atoms with E-state index in [-0.39, 0.29) is 37.3 Å². The number of phenolic OH excluding ortho intramolecular Hbond substituents is 1. The van der Waals surface area contributed by atoms with Crippen molar-refractivity contribution in [3.8, 4) is 5.75 Å². The Balaban J connectivity index is 1.79. The van der Waals surface area contributed by atoms with Crippen molar-refractivity contribution >= 4 is 23.6 Å². The van der Waals surface area contributed by atoms with E-state index in [1.54, 1.807) is 18.2 Å². The second kappa shape index (κ2) is 14.6. The van der Waals surface area contributed by atoms with E-state index in [9.17, 15) is 29.4 Å². The number of aliphatic carboxylic acids is 1. The van der Waals surface area contributed by atoms with Crippen LogP contribution in [0, 0.1) is 5.92 Å². The fraction of sp³-hybridized carbons (Fsp3) is 0.379. The lowest BCUT2D eigenvalue weighted by molar-refractivity contribution is -0.141. The predicted octanol–water partition coefficient (Wildman–Crippen LogP) is 2.94. The zero-order chi connectivity index (χ0) is 27.3. The fourth-order valence-electron chi connectivity index (χ4n) is 4.39. The molecule has 2 bridgehead atoms. The van der Waals surface area contributed by atoms with E-state index in [2.05, 4.69) is 10.6 Å². The molecule has 9 nitrogen and oxygen atoms in total. The number of carboxylic acid groups (broad SMARTS) is 1. The zero-order valence-electron chi connectivity index (χ0n) is 21.3. The van der Waals surface area contributed by atoms with Crippen LogP contribution in [0.3, 0.4) is 0 Å². The zero-order valence-corrected chi connectivity index (χ0v) is 21.3. The second-order valence-electron chi connectivity index (χ2n) is 9.48. The molecule has 1 aromatic heterocycles. The Labute approximate surface area is 222 Å². The fourth-order valence-corrected chi connectivity index (χ4v) is 4.39. The van der Waals surface area contributed by atoms with Crippen LogP contribution in [-0.4, -0.2) is 50.9 Å². The van der Waals surface area contributed by atoms with E-state index in [4.69, 9.17) is 0 Å². The molecule has 0 aliphatic carbocycles. The Bertz CT molecular complexity index is 1190. The molecule has 0 saturated heterocycles. The molecular weight excluding hydrogens is 486 g/mol. The number of benzene rings is 1. The Kier molecular flexibility index (Phi) is 10.9. The Hall–Kier alpha value is -4.14. The number of aromatic nitrogens is 1. The van der Waals surface area contributed by atoms with Crippen LogP contribution in [0.25, 0.3) is 0 Å². The number of nitrogens with one attached hydrogen (secondary N) is 2. The quantitative estimate of drug-likeness (QED) is 0.422. The van der Waals surface area contributed by atoms with Crippen molar-refractivity contribution in [2.75, 3.05) is 6.54 Å². The van der Waals surface area contributed by atoms with Crippen LogP contribution in [0.2, 0.25) is 0 Å². The highest BCUT2D eigenvalue weighted by molar-refractivity contribution is 5.90. The van der Waals surface area contributed by atoms with Crippen molar-refractivity contribution in [2.45, 2.75) is 57.5 Å². The Morgan fingerprint density at radius 1 is 1.08 bits per heavy atom. The molecule has 0 saturated carbocycles. The lowest BCUT2D eigenvalue weighted by atomic mass is 9.95. The third-order valence-electron chi connectivity index (χ3n) is 6.40. The number of ketones is 1. The van der Waals surface area contributed by atoms with Gasteiger partial charge in [-0.25, -0.2) is 0 Å². The number of rotatable bonds is 8. The second-order valence-corrected chi connectivity index (χ2v) is 9.48. The number of hydrogen-bond donors (Lipinski definition) is 4. The highest BCUT2D eigenvalue weighted by Gasteiger charge is 2.27. The molecule has 0 fully saturated rings. The summed E-state index contributed by atoms with van der Waals surface area (Å²) in [5.74, 6) is -2.68. The minimum atomic E-state index is -1.10. The summed E-state index contributed by atoms with van der Waals surface area (Å²) in [7, 11) is 0. The maximum Gasteiger partial charge on any atom is 0.304 e. The summed E-state index contributed by atoms with van der Waals surface area (Å²) in [4.78, 5) is 50.1. The van der Waals surface area contributed by atoms with Gasteiger partial charge in [-0.15, -0.1) is 0 Å². The smallest absolute Gasteiger partial charge is 0.304 e. The van der Waals surface area contributed by atoms with Crippen LogP contribution in [0.15, 0.2) is 67.0 Å². The van der Waals surface area contributed by atoms with E-state index in [1.165, 1.54) is 0 Å². The number of aryl methyl sites for hydroxylation is 2. The number of phenols is 1. The lowest BCUT2D eigenvalue weighted by Crippen LogP contribution is -2.50. The van der Waals surface area contributed by atoms with Gasteiger partial charge in [0.05, 0.1) is 6.42 Å². The molecule has 1 aliphatic heterocycles. The first-order valence-corrected chi connectivity index (χ1v) is 12.9. The van der Waals surface area contributed by atoms with Crippen LogP contribution in [0.4, 0.5) is 0 Å². The molecule has 1 aromatic carbocycles. The topological polar surface area (TPSA) is 138 Å². The van der Waals surface area contributed by atoms with Gasteiger partial charge in [0.25, 0.3) is 0 Å². The van der Waals surface area contributed by atoms with Crippen LogP contribution < -0.4 is 10.6 Å². The maximum absolute atomic E-state index is 13.2. The summed E-state index contributed by atoms with van der Waals surface area (Å²) in [6, 6.07) is 15.1. The number of Topliss-reactive ketones (excluding diaryl/α,β-unsaturated/α-hetero) is 1. The van der Waals surface area contributed by atoms with E-state index in [1.807, 2.05) is 53.4 Å². The summed E-state index contributed by atoms with van der Waals surface area (Å²) < 4.78 is 1.89. The first-order chi connectivity index (χ1) is 18.3. The highest BCUT2D eigenvalue weighted by atomic mass is 16.4. The van der Waals surface area contributed by atoms with Crippen molar-refractivity contribution in [3.05, 3.63) is 78.1 Å². The van der Waals surface area contributed by atoms with Crippen LogP contribution in [-0.2, 0) is 38.6 Å². The van der Waals surface area contributed by atoms with Crippen molar-refractivity contribution in [3.63, 3.8) is 0 Å². The van der Waals surface area contributed by atoms with Gasteiger partial charge in [0, 0.05) is 50.7 Å². The van der Waals surface area contributed by atoms with Gasteiger partial charge in [0.15, 0.2) is 0 Å². The van der Waals surface area contributed by atoms with Gasteiger partial charge < -0.3 is 25.4 Å². The van der Waals surface area contributed by atoms with Crippen molar-refractivity contribution < 1.29 is 29.4 Å². The number of carbonyl (C=O) groups excluding carboxylic acids is 3. The number of carboxylic acids is 1. The Morgan fingerprint density at radius 2 is 1.89 bits per heavy atom. The monoisotopic (exact) mass is 521 g/mol. The molecular formula is C29H35N3O6. The van der Waals surface area contributed by atoms with Crippen molar-refractivity contribution in [1.82, 2.24) is 15.2 Å². The molecule has 38 heavy (non-hydrogen) atoms. The number of fused-ring (bicyclic) bond motifs is 2. The summed E-state index contributed by atoms with van der Waals surface area (Å²) in [5, 5.41) is 24.6. The van der Waals surface area contributed by atoms with Gasteiger partial charge in [-0.05, 0) is 48.6 Å². The average molecular weight is 522 g/mol. The number of amides is 2. The van der Waals surface area contributed by atoms with Crippen molar-refractivity contribution in [2.24, 2.45) is 5.92 Å². The molecule has 0 spiro atoms. The van der Waals surface area contributed by atoms with Gasteiger partial charge in [0.2, 0.25) is 11.8 Å². The predicted molar refractivity (Wildman–Crippen MR) is 142 cm³/mol. The van der Waals surface area contributed by atoms with Crippen LogP contribution in [0.1, 0.15) is 43.2 Å². The molecule has 202 valence electrons.